The van der Waals surface area contributed by atoms with Crippen LogP contribution in [-0.4, -0.2) is 35.5 Å². The van der Waals surface area contributed by atoms with Crippen LogP contribution >= 0.6 is 0 Å². The average molecular weight is 287 g/mol. The van der Waals surface area contributed by atoms with Gasteiger partial charge in [0.1, 0.15) is 0 Å². The number of nitrogens with zero attached hydrogens (tertiary/aromatic N) is 1. The molecule has 2 saturated heterocycles. The molecule has 4 nitrogen and oxygen atoms in total. The fraction of sp³-hybridized carbons (Fsp3) is 0.588. The van der Waals surface area contributed by atoms with Gasteiger partial charge in [0.25, 0.3) is 0 Å². The zero-order chi connectivity index (χ0) is 15.0. The summed E-state index contributed by atoms with van der Waals surface area (Å²) in [5.74, 6) is 0.0885. The summed E-state index contributed by atoms with van der Waals surface area (Å²) in [6, 6.07) is 7.39. The summed E-state index contributed by atoms with van der Waals surface area (Å²) in [6.45, 7) is 4.64. The third-order valence-corrected chi connectivity index (χ3v) is 5.04. The molecule has 114 valence electrons. The summed E-state index contributed by atoms with van der Waals surface area (Å²) in [5, 5.41) is 3.03. The molecule has 21 heavy (non-hydrogen) atoms. The number of rotatable bonds is 3. The van der Waals surface area contributed by atoms with E-state index in [9.17, 15) is 4.79 Å². The fourth-order valence-electron chi connectivity index (χ4n) is 3.76. The van der Waals surface area contributed by atoms with E-state index in [0.29, 0.717) is 24.7 Å². The van der Waals surface area contributed by atoms with Crippen molar-refractivity contribution in [2.24, 2.45) is 5.73 Å². The first kappa shape index (κ1) is 14.5. The first-order valence-electron chi connectivity index (χ1n) is 7.91. The quantitative estimate of drug-likeness (QED) is 0.896. The first-order valence-corrected chi connectivity index (χ1v) is 7.91. The number of nitrogens with two attached hydrogens (primary N) is 1. The molecule has 0 aromatic heterocycles. The molecule has 1 aromatic rings. The maximum absolute atomic E-state index is 12.3. The number of fused-ring (bicyclic) bond motifs is 2. The molecular weight excluding hydrogens is 262 g/mol. The third kappa shape index (κ3) is 3.11. The van der Waals surface area contributed by atoms with Crippen molar-refractivity contribution in [2.75, 3.05) is 11.9 Å². The monoisotopic (exact) mass is 287 g/mol. The Bertz CT molecular complexity index is 529. The molecule has 2 atom stereocenters. The van der Waals surface area contributed by atoms with Crippen LogP contribution < -0.4 is 11.1 Å². The Kier molecular flexibility index (Phi) is 4.00. The minimum atomic E-state index is 0.0885. The van der Waals surface area contributed by atoms with E-state index in [1.165, 1.54) is 24.0 Å². The van der Waals surface area contributed by atoms with E-state index in [4.69, 9.17) is 5.73 Å². The van der Waals surface area contributed by atoms with Gasteiger partial charge >= 0.3 is 0 Å². The number of hydrogen-bond acceptors (Lipinski definition) is 3. The van der Waals surface area contributed by atoms with Crippen molar-refractivity contribution >= 4 is 11.6 Å². The average Bonchev–Trinajstić information content (AvgIpc) is 2.67. The molecule has 0 saturated carbocycles. The van der Waals surface area contributed by atoms with E-state index in [1.54, 1.807) is 0 Å². The van der Waals surface area contributed by atoms with E-state index >= 15 is 0 Å². The van der Waals surface area contributed by atoms with E-state index in [2.05, 4.69) is 30.1 Å². The van der Waals surface area contributed by atoms with Crippen LogP contribution in [0.15, 0.2) is 18.2 Å². The molecule has 2 bridgehead atoms. The summed E-state index contributed by atoms with van der Waals surface area (Å²) in [7, 11) is 0. The van der Waals surface area contributed by atoms with Crippen LogP contribution in [0.25, 0.3) is 0 Å². The summed E-state index contributed by atoms with van der Waals surface area (Å²) >= 11 is 0. The highest BCUT2D eigenvalue weighted by Gasteiger charge is 2.40. The van der Waals surface area contributed by atoms with Crippen molar-refractivity contribution in [3.8, 4) is 0 Å². The highest BCUT2D eigenvalue weighted by Crippen LogP contribution is 2.34. The summed E-state index contributed by atoms with van der Waals surface area (Å²) in [4.78, 5) is 14.7. The number of aryl methyl sites for hydroxylation is 2. The van der Waals surface area contributed by atoms with Gasteiger partial charge in [0, 0.05) is 23.8 Å². The zero-order valence-corrected chi connectivity index (χ0v) is 12.9. The molecule has 2 fully saturated rings. The van der Waals surface area contributed by atoms with Crippen LogP contribution in [-0.2, 0) is 4.79 Å². The van der Waals surface area contributed by atoms with E-state index in [1.807, 2.05) is 12.1 Å². The van der Waals surface area contributed by atoms with Crippen LogP contribution in [0, 0.1) is 13.8 Å². The second kappa shape index (κ2) is 5.78. The number of nitrogens with one attached hydrogen (secondary N) is 1. The van der Waals surface area contributed by atoms with Crippen LogP contribution in [0.2, 0.25) is 0 Å². The van der Waals surface area contributed by atoms with Gasteiger partial charge in [-0.15, -0.1) is 0 Å². The van der Waals surface area contributed by atoms with E-state index < -0.39 is 0 Å². The maximum atomic E-state index is 12.3. The summed E-state index contributed by atoms with van der Waals surface area (Å²) < 4.78 is 0. The standard InChI is InChI=1S/C17H25N3O/c1-11-3-4-14(7-12(11)2)19-17(21)10-20-15-5-6-16(20)9-13(18)8-15/h3-4,7,13,15-16H,5-6,8-10,18H2,1-2H3,(H,19,21). The third-order valence-electron chi connectivity index (χ3n) is 5.04. The van der Waals surface area contributed by atoms with Gasteiger partial charge < -0.3 is 11.1 Å². The van der Waals surface area contributed by atoms with E-state index in [-0.39, 0.29) is 5.91 Å². The van der Waals surface area contributed by atoms with Crippen LogP contribution in [0.5, 0.6) is 0 Å². The van der Waals surface area contributed by atoms with E-state index in [0.717, 1.165) is 18.5 Å². The molecule has 0 radical (unpaired) electrons. The lowest BCUT2D eigenvalue weighted by atomic mass is 9.98. The van der Waals surface area contributed by atoms with Crippen molar-refractivity contribution in [3.63, 3.8) is 0 Å². The Balaban J connectivity index is 1.60. The molecule has 2 unspecified atom stereocenters. The zero-order valence-electron chi connectivity index (χ0n) is 12.9. The normalized spacial score (nSPS) is 28.6. The van der Waals surface area contributed by atoms with Crippen molar-refractivity contribution in [1.82, 2.24) is 4.90 Å². The Morgan fingerprint density at radius 2 is 1.90 bits per heavy atom. The van der Waals surface area contributed by atoms with Crippen molar-refractivity contribution in [3.05, 3.63) is 29.3 Å². The van der Waals surface area contributed by atoms with Gasteiger partial charge in [-0.1, -0.05) is 6.07 Å². The molecule has 2 heterocycles. The molecule has 3 rings (SSSR count). The second-order valence-corrected chi connectivity index (χ2v) is 6.64. The molecule has 0 aliphatic carbocycles. The van der Waals surface area contributed by atoms with Gasteiger partial charge in [-0.2, -0.15) is 0 Å². The number of benzene rings is 1. The van der Waals surface area contributed by atoms with Gasteiger partial charge in [0.05, 0.1) is 6.54 Å². The smallest absolute Gasteiger partial charge is 0.238 e. The lowest BCUT2D eigenvalue weighted by Gasteiger charge is -2.37. The Morgan fingerprint density at radius 1 is 1.24 bits per heavy atom. The lowest BCUT2D eigenvalue weighted by molar-refractivity contribution is -0.118. The van der Waals surface area contributed by atoms with Crippen LogP contribution in [0.1, 0.15) is 36.8 Å². The molecule has 3 N–H and O–H groups in total. The lowest BCUT2D eigenvalue weighted by Crippen LogP contribution is -2.49. The SMILES string of the molecule is Cc1ccc(NC(=O)CN2C3CCC2CC(N)C3)cc1C. The highest BCUT2D eigenvalue weighted by molar-refractivity contribution is 5.92. The molecule has 2 aliphatic rings. The maximum Gasteiger partial charge on any atom is 0.238 e. The number of carbonyl (C=O) groups excluding carboxylic acids is 1. The second-order valence-electron chi connectivity index (χ2n) is 6.64. The number of carbonyl (C=O) groups is 1. The minimum absolute atomic E-state index is 0.0885. The topological polar surface area (TPSA) is 58.4 Å². The van der Waals surface area contributed by atoms with Gasteiger partial charge in [-0.05, 0) is 62.8 Å². The molecule has 1 amide bonds. The predicted octanol–water partition coefficient (Wildman–Crippen LogP) is 2.20. The van der Waals surface area contributed by atoms with Crippen molar-refractivity contribution in [2.45, 2.75) is 57.7 Å². The van der Waals surface area contributed by atoms with Crippen LogP contribution in [0.4, 0.5) is 5.69 Å². The molecular formula is C17H25N3O. The van der Waals surface area contributed by atoms with Gasteiger partial charge in [-0.25, -0.2) is 0 Å². The number of hydrogen-bond donors (Lipinski definition) is 2. The summed E-state index contributed by atoms with van der Waals surface area (Å²) in [5.41, 5.74) is 9.42. The first-order chi connectivity index (χ1) is 10.0. The van der Waals surface area contributed by atoms with Crippen LogP contribution in [0.3, 0.4) is 0 Å². The molecule has 2 aliphatic heterocycles. The number of piperidine rings is 1. The van der Waals surface area contributed by atoms with Gasteiger partial charge in [-0.3, -0.25) is 9.69 Å². The largest absolute Gasteiger partial charge is 0.328 e. The fourth-order valence-corrected chi connectivity index (χ4v) is 3.76. The Hall–Kier alpha value is -1.39. The Labute approximate surface area is 126 Å². The van der Waals surface area contributed by atoms with Gasteiger partial charge in [0.15, 0.2) is 0 Å². The highest BCUT2D eigenvalue weighted by atomic mass is 16.2. The summed E-state index contributed by atoms with van der Waals surface area (Å²) in [6.07, 6.45) is 4.45. The van der Waals surface area contributed by atoms with Gasteiger partial charge in [0.2, 0.25) is 5.91 Å². The Morgan fingerprint density at radius 3 is 2.52 bits per heavy atom. The minimum Gasteiger partial charge on any atom is -0.328 e. The predicted molar refractivity (Wildman–Crippen MR) is 85.3 cm³/mol. The number of anilines is 1. The number of amides is 1. The molecule has 4 heteroatoms. The van der Waals surface area contributed by atoms with Crippen molar-refractivity contribution in [1.29, 1.82) is 0 Å². The molecule has 1 aromatic carbocycles. The molecule has 0 spiro atoms. The van der Waals surface area contributed by atoms with Crippen molar-refractivity contribution < 1.29 is 4.79 Å².